The van der Waals surface area contributed by atoms with Gasteiger partial charge in [-0.05, 0) is 6.07 Å². The summed E-state index contributed by atoms with van der Waals surface area (Å²) in [7, 11) is 0. The third kappa shape index (κ3) is 2.29. The molecule has 0 atom stereocenters. The van der Waals surface area contributed by atoms with Gasteiger partial charge in [-0.3, -0.25) is 0 Å². The van der Waals surface area contributed by atoms with Crippen LogP contribution in [-0.4, -0.2) is 4.98 Å². The normalized spacial score (nSPS) is 9.85. The molecule has 13 heavy (non-hydrogen) atoms. The molecule has 0 N–H and O–H groups in total. The molecule has 1 aromatic heterocycles. The minimum atomic E-state index is 0.526. The summed E-state index contributed by atoms with van der Waals surface area (Å²) < 4.78 is 5.44. The van der Waals surface area contributed by atoms with Crippen LogP contribution in [0.3, 0.4) is 0 Å². The van der Waals surface area contributed by atoms with Gasteiger partial charge in [-0.2, -0.15) is 0 Å². The van der Waals surface area contributed by atoms with Gasteiger partial charge < -0.3 is 4.74 Å². The number of ether oxygens (including phenoxy) is 1. The maximum atomic E-state index is 5.44. The van der Waals surface area contributed by atoms with Crippen molar-refractivity contribution in [1.82, 2.24) is 4.98 Å². The van der Waals surface area contributed by atoms with E-state index in [0.717, 1.165) is 10.8 Å². The topological polar surface area (TPSA) is 22.1 Å². The van der Waals surface area contributed by atoms with Gasteiger partial charge in [0, 0.05) is 17.6 Å². The van der Waals surface area contributed by atoms with Crippen molar-refractivity contribution in [2.24, 2.45) is 0 Å². The van der Waals surface area contributed by atoms with E-state index in [-0.39, 0.29) is 0 Å². The molecule has 0 saturated heterocycles. The number of hydrogen-bond donors (Lipinski definition) is 0. The van der Waals surface area contributed by atoms with E-state index in [2.05, 4.69) is 11.1 Å². The third-order valence-corrected chi connectivity index (χ3v) is 2.27. The van der Waals surface area contributed by atoms with Crippen LogP contribution < -0.4 is 4.74 Å². The largest absolute Gasteiger partial charge is 0.486 e. The van der Waals surface area contributed by atoms with Gasteiger partial charge in [0.15, 0.2) is 0 Å². The highest BCUT2D eigenvalue weighted by Gasteiger charge is 1.96. The van der Waals surface area contributed by atoms with E-state index in [9.17, 15) is 0 Å². The smallest absolute Gasteiger partial charge is 0.140 e. The van der Waals surface area contributed by atoms with Gasteiger partial charge in [0.1, 0.15) is 17.4 Å². The van der Waals surface area contributed by atoms with Crippen molar-refractivity contribution in [1.29, 1.82) is 0 Å². The lowest BCUT2D eigenvalue weighted by molar-refractivity contribution is 0.305. The highest BCUT2D eigenvalue weighted by Crippen LogP contribution is 2.11. The molecule has 2 nitrogen and oxygen atoms in total. The Morgan fingerprint density at radius 1 is 1.46 bits per heavy atom. The monoisotopic (exact) mass is 190 g/mol. The molecule has 0 spiro atoms. The first-order valence-electron chi connectivity index (χ1n) is 3.93. The van der Waals surface area contributed by atoms with Gasteiger partial charge in [0.2, 0.25) is 0 Å². The first-order chi connectivity index (χ1) is 6.45. The predicted molar refractivity (Wildman–Crippen MR) is 51.7 cm³/mol. The zero-order chi connectivity index (χ0) is 8.93. The predicted octanol–water partition coefficient (Wildman–Crippen LogP) is 2.52. The second-order valence-electron chi connectivity index (χ2n) is 2.44. The molecule has 1 heterocycles. The Labute approximate surface area is 80.8 Å². The maximum Gasteiger partial charge on any atom is 0.140 e. The number of nitrogens with zero attached hydrogens (tertiary/aromatic N) is 1. The Morgan fingerprint density at radius 2 is 2.46 bits per heavy atom. The van der Waals surface area contributed by atoms with E-state index < -0.39 is 0 Å². The van der Waals surface area contributed by atoms with Crippen LogP contribution in [0.25, 0.3) is 0 Å². The Morgan fingerprint density at radius 3 is 3.15 bits per heavy atom. The Hall–Kier alpha value is -1.35. The quantitative estimate of drug-likeness (QED) is 0.742. The van der Waals surface area contributed by atoms with Crippen LogP contribution in [0.5, 0.6) is 5.75 Å². The number of benzene rings is 1. The molecular weight excluding hydrogens is 182 g/mol. The highest BCUT2D eigenvalue weighted by molar-refractivity contribution is 7.09. The molecule has 0 bridgehead atoms. The van der Waals surface area contributed by atoms with Gasteiger partial charge >= 0.3 is 0 Å². The lowest BCUT2D eigenvalue weighted by Gasteiger charge is -2.01. The number of para-hydroxylation sites is 1. The molecule has 65 valence electrons. The minimum Gasteiger partial charge on any atom is -0.486 e. The summed E-state index contributed by atoms with van der Waals surface area (Å²) in [5.41, 5.74) is 0. The van der Waals surface area contributed by atoms with Crippen LogP contribution >= 0.6 is 11.3 Å². The fraction of sp³-hybridized carbons (Fsp3) is 0.100. The molecule has 0 saturated carbocycles. The molecule has 0 unspecified atom stereocenters. The first-order valence-corrected chi connectivity index (χ1v) is 4.81. The van der Waals surface area contributed by atoms with E-state index in [1.807, 2.05) is 29.6 Å². The number of aromatic nitrogens is 1. The lowest BCUT2D eigenvalue weighted by Crippen LogP contribution is -1.93. The molecule has 0 aliphatic rings. The second-order valence-corrected chi connectivity index (χ2v) is 3.42. The van der Waals surface area contributed by atoms with Gasteiger partial charge in [0.05, 0.1) is 0 Å². The van der Waals surface area contributed by atoms with Gasteiger partial charge in [-0.25, -0.2) is 4.98 Å². The first kappa shape index (κ1) is 8.26. The Balaban J connectivity index is 1.94. The average Bonchev–Trinajstić information content (AvgIpc) is 2.69. The minimum absolute atomic E-state index is 0.526. The summed E-state index contributed by atoms with van der Waals surface area (Å²) in [5, 5.41) is 2.92. The summed E-state index contributed by atoms with van der Waals surface area (Å²) in [4.78, 5) is 4.11. The zero-order valence-electron chi connectivity index (χ0n) is 6.93. The summed E-state index contributed by atoms with van der Waals surface area (Å²) in [6.07, 6.45) is 1.78. The molecular formula is C10H8NOS. The summed E-state index contributed by atoms with van der Waals surface area (Å²) in [5.74, 6) is 0.762. The second kappa shape index (κ2) is 4.05. The fourth-order valence-corrected chi connectivity index (χ4v) is 1.46. The van der Waals surface area contributed by atoms with Crippen molar-refractivity contribution in [2.75, 3.05) is 0 Å². The van der Waals surface area contributed by atoms with E-state index in [1.54, 1.807) is 17.5 Å². The van der Waals surface area contributed by atoms with E-state index in [4.69, 9.17) is 4.74 Å². The molecule has 2 aromatic rings. The number of hydrogen-bond acceptors (Lipinski definition) is 3. The van der Waals surface area contributed by atoms with Crippen molar-refractivity contribution in [2.45, 2.75) is 6.61 Å². The van der Waals surface area contributed by atoms with E-state index >= 15 is 0 Å². The van der Waals surface area contributed by atoms with Crippen molar-refractivity contribution in [3.63, 3.8) is 0 Å². The molecule has 0 fully saturated rings. The highest BCUT2D eigenvalue weighted by atomic mass is 32.1. The molecule has 3 heteroatoms. The van der Waals surface area contributed by atoms with Gasteiger partial charge in [0.25, 0.3) is 0 Å². The third-order valence-electron chi connectivity index (χ3n) is 1.52. The summed E-state index contributed by atoms with van der Waals surface area (Å²) in [6.45, 7) is 0.526. The maximum absolute atomic E-state index is 5.44. The molecule has 2 rings (SSSR count). The summed E-state index contributed by atoms with van der Waals surface area (Å²) in [6, 6.07) is 10.5. The van der Waals surface area contributed by atoms with Crippen LogP contribution in [0.1, 0.15) is 5.01 Å². The molecule has 1 aromatic carbocycles. The van der Waals surface area contributed by atoms with Crippen molar-refractivity contribution in [3.05, 3.63) is 46.9 Å². The molecule has 0 aliphatic carbocycles. The van der Waals surface area contributed by atoms with Crippen LogP contribution in [0.2, 0.25) is 0 Å². The molecule has 0 amide bonds. The lowest BCUT2D eigenvalue weighted by atomic mass is 10.3. The standard InChI is InChI=1S/C10H8NOS/c1-2-4-9(5-3-1)12-8-10-11-6-7-13-10/h1-4,6-7H,8H2. The van der Waals surface area contributed by atoms with Crippen molar-refractivity contribution in [3.8, 4) is 5.75 Å². The number of thiazole rings is 1. The SMILES string of the molecule is [c]1ccccc1OCc1nccs1. The molecule has 0 aliphatic heterocycles. The van der Waals surface area contributed by atoms with Gasteiger partial charge in [-0.15, -0.1) is 11.3 Å². The van der Waals surface area contributed by atoms with Crippen molar-refractivity contribution < 1.29 is 4.74 Å². The number of rotatable bonds is 3. The van der Waals surface area contributed by atoms with Crippen LogP contribution in [0.4, 0.5) is 0 Å². The Kier molecular flexibility index (Phi) is 2.57. The fourth-order valence-electron chi connectivity index (χ4n) is 0.930. The summed E-state index contributed by atoms with van der Waals surface area (Å²) >= 11 is 1.59. The van der Waals surface area contributed by atoms with Crippen LogP contribution in [-0.2, 0) is 6.61 Å². The van der Waals surface area contributed by atoms with Crippen LogP contribution in [0, 0.1) is 6.07 Å². The Bertz CT molecular complexity index is 344. The zero-order valence-corrected chi connectivity index (χ0v) is 7.75. The average molecular weight is 190 g/mol. The van der Waals surface area contributed by atoms with Gasteiger partial charge in [-0.1, -0.05) is 18.2 Å². The van der Waals surface area contributed by atoms with E-state index in [0.29, 0.717) is 6.61 Å². The van der Waals surface area contributed by atoms with Crippen LogP contribution in [0.15, 0.2) is 35.8 Å². The molecule has 1 radical (unpaired) electrons. The van der Waals surface area contributed by atoms with Crippen molar-refractivity contribution >= 4 is 11.3 Å². The van der Waals surface area contributed by atoms with E-state index in [1.165, 1.54) is 0 Å².